The van der Waals surface area contributed by atoms with E-state index in [1.807, 2.05) is 36.6 Å². The highest BCUT2D eigenvalue weighted by atomic mass is 32.2. The Morgan fingerprint density at radius 2 is 1.83 bits per heavy atom. The summed E-state index contributed by atoms with van der Waals surface area (Å²) in [5.74, 6) is -0.669. The second-order valence-electron chi connectivity index (χ2n) is 4.89. The van der Waals surface area contributed by atoms with Crippen LogP contribution < -0.4 is 10.9 Å². The molecule has 2 aromatic carbocycles. The number of thioether (sulfide) groups is 1. The van der Waals surface area contributed by atoms with Crippen LogP contribution in [0.4, 0.5) is 10.1 Å². The number of amides is 1. The van der Waals surface area contributed by atoms with Gasteiger partial charge in [0.15, 0.2) is 5.16 Å². The molecule has 0 radical (unpaired) electrons. The monoisotopic (exact) mass is 342 g/mol. The predicted octanol–water partition coefficient (Wildman–Crippen LogP) is 3.49. The van der Waals surface area contributed by atoms with Gasteiger partial charge >= 0.3 is 0 Å². The highest BCUT2D eigenvalue weighted by molar-refractivity contribution is 7.98. The Balaban J connectivity index is 1.86. The molecule has 0 fully saturated rings. The third-order valence-corrected chi connectivity index (χ3v) is 3.98. The molecule has 1 amide bonds. The molecule has 1 aromatic heterocycles. The molecular formula is C17H15FN4OS. The van der Waals surface area contributed by atoms with E-state index >= 15 is 0 Å². The Hall–Kier alpha value is -2.80. The van der Waals surface area contributed by atoms with E-state index in [1.54, 1.807) is 16.7 Å². The summed E-state index contributed by atoms with van der Waals surface area (Å²) < 4.78 is 14.8. The normalized spacial score (nSPS) is 10.4. The van der Waals surface area contributed by atoms with Crippen LogP contribution in [0.1, 0.15) is 10.5 Å². The number of aromatic nitrogens is 2. The molecule has 2 N–H and O–H groups in total. The summed E-state index contributed by atoms with van der Waals surface area (Å²) in [5.41, 5.74) is 7.28. The van der Waals surface area contributed by atoms with E-state index in [-0.39, 0.29) is 11.7 Å². The molecule has 0 aliphatic rings. The molecule has 122 valence electrons. The highest BCUT2D eigenvalue weighted by Crippen LogP contribution is 2.22. The van der Waals surface area contributed by atoms with Crippen LogP contribution in [-0.4, -0.2) is 21.7 Å². The lowest BCUT2D eigenvalue weighted by molar-refractivity contribution is 0.0955. The van der Waals surface area contributed by atoms with Crippen LogP contribution in [0.3, 0.4) is 0 Å². The van der Waals surface area contributed by atoms with Crippen LogP contribution in [0.5, 0.6) is 0 Å². The number of halogens is 1. The highest BCUT2D eigenvalue weighted by Gasteiger charge is 2.17. The third-order valence-electron chi connectivity index (χ3n) is 3.32. The molecular weight excluding hydrogens is 327 g/mol. The van der Waals surface area contributed by atoms with Gasteiger partial charge in [-0.25, -0.2) is 9.37 Å². The second kappa shape index (κ2) is 7.18. The molecule has 0 aliphatic heterocycles. The standard InChI is InChI=1S/C17H15FN4OS/c1-24-17-19-11-15(22(17)14-9-7-12(18)8-10-14)16(23)21-20-13-5-3-2-4-6-13/h2-11,20H,1H3,(H,21,23). The molecule has 3 rings (SSSR count). The maximum absolute atomic E-state index is 13.2. The average Bonchev–Trinajstić information content (AvgIpc) is 3.05. The van der Waals surface area contributed by atoms with Crippen molar-refractivity contribution in [2.24, 2.45) is 0 Å². The molecule has 0 unspecified atom stereocenters. The van der Waals surface area contributed by atoms with Crippen LogP contribution in [0.25, 0.3) is 5.69 Å². The topological polar surface area (TPSA) is 59.0 Å². The lowest BCUT2D eigenvalue weighted by Gasteiger charge is -2.12. The van der Waals surface area contributed by atoms with Crippen LogP contribution >= 0.6 is 11.8 Å². The van der Waals surface area contributed by atoms with Gasteiger partial charge < -0.3 is 0 Å². The number of nitrogens with zero attached hydrogens (tertiary/aromatic N) is 2. The van der Waals surface area contributed by atoms with Crippen LogP contribution in [0.2, 0.25) is 0 Å². The number of imidazole rings is 1. The van der Waals surface area contributed by atoms with Gasteiger partial charge in [0.1, 0.15) is 11.5 Å². The number of hydrazine groups is 1. The number of hydrogen-bond donors (Lipinski definition) is 2. The Kier molecular flexibility index (Phi) is 4.81. The molecule has 7 heteroatoms. The number of hydrogen-bond acceptors (Lipinski definition) is 4. The minimum Gasteiger partial charge on any atom is -0.298 e. The molecule has 5 nitrogen and oxygen atoms in total. The van der Waals surface area contributed by atoms with Crippen molar-refractivity contribution >= 4 is 23.4 Å². The zero-order chi connectivity index (χ0) is 16.9. The molecule has 3 aromatic rings. The van der Waals surface area contributed by atoms with Crippen molar-refractivity contribution in [3.05, 3.63) is 72.3 Å². The van der Waals surface area contributed by atoms with Crippen molar-refractivity contribution in [1.82, 2.24) is 15.0 Å². The number of rotatable bonds is 5. The fraction of sp³-hybridized carbons (Fsp3) is 0.0588. The summed E-state index contributed by atoms with van der Waals surface area (Å²) in [5, 5.41) is 0.645. The zero-order valence-corrected chi connectivity index (χ0v) is 13.7. The first kappa shape index (κ1) is 16.1. The Morgan fingerprint density at radius 1 is 1.12 bits per heavy atom. The Morgan fingerprint density at radius 3 is 2.50 bits per heavy atom. The summed E-state index contributed by atoms with van der Waals surface area (Å²) >= 11 is 1.40. The van der Waals surface area contributed by atoms with Gasteiger partial charge in [-0.1, -0.05) is 30.0 Å². The van der Waals surface area contributed by atoms with Crippen molar-refractivity contribution in [2.45, 2.75) is 5.16 Å². The van der Waals surface area contributed by atoms with Gasteiger partial charge in [0, 0.05) is 5.69 Å². The van der Waals surface area contributed by atoms with Crippen molar-refractivity contribution in [3.8, 4) is 5.69 Å². The lowest BCUT2D eigenvalue weighted by Crippen LogP contribution is -2.31. The Bertz CT molecular complexity index is 834. The average molecular weight is 342 g/mol. The van der Waals surface area contributed by atoms with Gasteiger partial charge in [0.25, 0.3) is 5.91 Å². The van der Waals surface area contributed by atoms with E-state index in [4.69, 9.17) is 0 Å². The van der Waals surface area contributed by atoms with Gasteiger partial charge in [0.05, 0.1) is 11.9 Å². The van der Waals surface area contributed by atoms with Gasteiger partial charge in [-0.05, 0) is 42.7 Å². The number of para-hydroxylation sites is 1. The molecule has 0 bridgehead atoms. The maximum Gasteiger partial charge on any atom is 0.288 e. The van der Waals surface area contributed by atoms with Crippen molar-refractivity contribution in [3.63, 3.8) is 0 Å². The van der Waals surface area contributed by atoms with Crippen LogP contribution in [-0.2, 0) is 0 Å². The first-order chi connectivity index (χ1) is 11.7. The number of benzene rings is 2. The van der Waals surface area contributed by atoms with E-state index in [2.05, 4.69) is 15.8 Å². The summed E-state index contributed by atoms with van der Waals surface area (Å²) in [4.78, 5) is 16.7. The zero-order valence-electron chi connectivity index (χ0n) is 12.9. The maximum atomic E-state index is 13.2. The van der Waals surface area contributed by atoms with Crippen LogP contribution in [0.15, 0.2) is 66.0 Å². The summed E-state index contributed by atoms with van der Waals surface area (Å²) in [6.45, 7) is 0. The number of nitrogens with one attached hydrogen (secondary N) is 2. The van der Waals surface area contributed by atoms with Gasteiger partial charge in [0.2, 0.25) is 0 Å². The third kappa shape index (κ3) is 3.41. The summed E-state index contributed by atoms with van der Waals surface area (Å²) in [6.07, 6.45) is 3.36. The van der Waals surface area contributed by atoms with Crippen molar-refractivity contribution in [1.29, 1.82) is 0 Å². The van der Waals surface area contributed by atoms with Crippen molar-refractivity contribution in [2.75, 3.05) is 11.7 Å². The summed E-state index contributed by atoms with van der Waals surface area (Å²) in [6, 6.07) is 15.2. The van der Waals surface area contributed by atoms with E-state index in [9.17, 15) is 9.18 Å². The van der Waals surface area contributed by atoms with Crippen molar-refractivity contribution < 1.29 is 9.18 Å². The Labute approximate surface area is 142 Å². The molecule has 0 spiro atoms. The summed E-state index contributed by atoms with van der Waals surface area (Å²) in [7, 11) is 0. The molecule has 1 heterocycles. The van der Waals surface area contributed by atoms with E-state index in [1.165, 1.54) is 30.1 Å². The number of carbonyl (C=O) groups excluding carboxylic acids is 1. The minimum atomic E-state index is -0.337. The van der Waals surface area contributed by atoms with Gasteiger partial charge in [-0.2, -0.15) is 0 Å². The first-order valence-corrected chi connectivity index (χ1v) is 8.40. The molecule has 0 atom stereocenters. The van der Waals surface area contributed by atoms with Crippen LogP contribution in [0, 0.1) is 5.82 Å². The smallest absolute Gasteiger partial charge is 0.288 e. The predicted molar refractivity (Wildman–Crippen MR) is 92.8 cm³/mol. The SMILES string of the molecule is CSc1ncc(C(=O)NNc2ccccc2)n1-c1ccc(F)cc1. The fourth-order valence-corrected chi connectivity index (χ4v) is 2.74. The largest absolute Gasteiger partial charge is 0.298 e. The molecule has 0 saturated heterocycles. The first-order valence-electron chi connectivity index (χ1n) is 7.18. The number of anilines is 1. The second-order valence-corrected chi connectivity index (χ2v) is 5.66. The fourth-order valence-electron chi connectivity index (χ4n) is 2.19. The van der Waals surface area contributed by atoms with Gasteiger partial charge in [-0.3, -0.25) is 20.2 Å². The minimum absolute atomic E-state index is 0.332. The quantitative estimate of drug-likeness (QED) is 0.550. The van der Waals surface area contributed by atoms with E-state index in [0.29, 0.717) is 16.5 Å². The van der Waals surface area contributed by atoms with Gasteiger partial charge in [-0.15, -0.1) is 0 Å². The van der Waals surface area contributed by atoms with E-state index < -0.39 is 0 Å². The lowest BCUT2D eigenvalue weighted by atomic mass is 10.3. The molecule has 0 saturated carbocycles. The van der Waals surface area contributed by atoms with E-state index in [0.717, 1.165) is 5.69 Å². The molecule has 0 aliphatic carbocycles. The molecule has 24 heavy (non-hydrogen) atoms. The number of carbonyl (C=O) groups is 1.